The lowest BCUT2D eigenvalue weighted by atomic mass is 10.1. The third-order valence-corrected chi connectivity index (χ3v) is 2.10. The molecule has 0 fully saturated rings. The number of rotatable bonds is 8. The summed E-state index contributed by atoms with van der Waals surface area (Å²) in [6, 6.07) is 0. The van der Waals surface area contributed by atoms with Crippen LogP contribution in [-0.4, -0.2) is 13.2 Å². The molecule has 94 valence electrons. The fourth-order valence-electron chi connectivity index (χ4n) is 1.13. The van der Waals surface area contributed by atoms with Crippen LogP contribution in [0.1, 0.15) is 47.5 Å². The van der Waals surface area contributed by atoms with Crippen molar-refractivity contribution < 1.29 is 9.47 Å². The minimum Gasteiger partial charge on any atom is -0.501 e. The molecule has 0 aliphatic carbocycles. The molecular formula is C14H26O2. The normalized spacial score (nSPS) is 9.88. The van der Waals surface area contributed by atoms with E-state index in [1.54, 1.807) is 0 Å². The van der Waals surface area contributed by atoms with Crippen LogP contribution in [-0.2, 0) is 9.47 Å². The van der Waals surface area contributed by atoms with Crippen molar-refractivity contribution in [1.82, 2.24) is 0 Å². The van der Waals surface area contributed by atoms with E-state index in [1.165, 1.54) is 11.1 Å². The Bertz CT molecular complexity index is 197. The maximum absolute atomic E-state index is 5.40. The smallest absolute Gasteiger partial charge is 0.0875 e. The summed E-state index contributed by atoms with van der Waals surface area (Å²) in [6.07, 6.45) is 5.82. The first-order valence-electron chi connectivity index (χ1n) is 6.02. The van der Waals surface area contributed by atoms with Crippen LogP contribution in [0.3, 0.4) is 0 Å². The molecule has 2 nitrogen and oxygen atoms in total. The SMILES string of the molecule is CC(C)=COCCC(C)CCOC=C(C)C. The molecule has 0 heterocycles. The topological polar surface area (TPSA) is 18.5 Å². The second kappa shape index (κ2) is 9.32. The van der Waals surface area contributed by atoms with Gasteiger partial charge >= 0.3 is 0 Å². The van der Waals surface area contributed by atoms with Crippen LogP contribution in [0.25, 0.3) is 0 Å². The monoisotopic (exact) mass is 226 g/mol. The van der Waals surface area contributed by atoms with Crippen molar-refractivity contribution in [3.63, 3.8) is 0 Å². The predicted molar refractivity (Wildman–Crippen MR) is 69.2 cm³/mol. The van der Waals surface area contributed by atoms with Gasteiger partial charge in [-0.3, -0.25) is 0 Å². The molecule has 0 rings (SSSR count). The molecule has 0 saturated carbocycles. The Kier molecular flexibility index (Phi) is 8.78. The molecule has 0 aromatic rings. The lowest BCUT2D eigenvalue weighted by molar-refractivity contribution is 0.190. The van der Waals surface area contributed by atoms with Gasteiger partial charge in [0.2, 0.25) is 0 Å². The Hall–Kier alpha value is -0.920. The Morgan fingerprint density at radius 2 is 1.25 bits per heavy atom. The van der Waals surface area contributed by atoms with E-state index in [-0.39, 0.29) is 0 Å². The van der Waals surface area contributed by atoms with Crippen LogP contribution in [0, 0.1) is 5.92 Å². The summed E-state index contributed by atoms with van der Waals surface area (Å²) >= 11 is 0. The van der Waals surface area contributed by atoms with Crippen LogP contribution in [0.4, 0.5) is 0 Å². The van der Waals surface area contributed by atoms with Crippen molar-refractivity contribution in [2.24, 2.45) is 5.92 Å². The van der Waals surface area contributed by atoms with E-state index < -0.39 is 0 Å². The number of ether oxygens (including phenoxy) is 2. The summed E-state index contributed by atoms with van der Waals surface area (Å²) in [5.74, 6) is 0.649. The molecule has 0 spiro atoms. The average molecular weight is 226 g/mol. The molecule has 0 aromatic carbocycles. The fourth-order valence-corrected chi connectivity index (χ4v) is 1.13. The van der Waals surface area contributed by atoms with E-state index in [0.29, 0.717) is 5.92 Å². The highest BCUT2D eigenvalue weighted by Crippen LogP contribution is 2.08. The van der Waals surface area contributed by atoms with Crippen molar-refractivity contribution >= 4 is 0 Å². The largest absolute Gasteiger partial charge is 0.501 e. The zero-order valence-electron chi connectivity index (χ0n) is 11.4. The number of hydrogen-bond donors (Lipinski definition) is 0. The Labute approximate surface area is 100 Å². The first-order chi connectivity index (χ1) is 7.52. The molecule has 0 N–H and O–H groups in total. The second-order valence-electron chi connectivity index (χ2n) is 4.81. The highest BCUT2D eigenvalue weighted by atomic mass is 16.5. The van der Waals surface area contributed by atoms with Crippen LogP contribution in [0.5, 0.6) is 0 Å². The van der Waals surface area contributed by atoms with Gasteiger partial charge in [0, 0.05) is 0 Å². The molecule has 16 heavy (non-hydrogen) atoms. The molecule has 0 unspecified atom stereocenters. The van der Waals surface area contributed by atoms with E-state index in [9.17, 15) is 0 Å². The minimum absolute atomic E-state index is 0.649. The third kappa shape index (κ3) is 11.2. The molecule has 0 saturated heterocycles. The van der Waals surface area contributed by atoms with Crippen molar-refractivity contribution in [3.05, 3.63) is 23.7 Å². The number of hydrogen-bond acceptors (Lipinski definition) is 2. The molecule has 0 aliphatic heterocycles. The zero-order valence-corrected chi connectivity index (χ0v) is 11.4. The third-order valence-electron chi connectivity index (χ3n) is 2.10. The van der Waals surface area contributed by atoms with Crippen LogP contribution in [0.15, 0.2) is 23.7 Å². The highest BCUT2D eigenvalue weighted by molar-refractivity contribution is 4.86. The first kappa shape index (κ1) is 15.1. The van der Waals surface area contributed by atoms with Gasteiger partial charge in [-0.1, -0.05) is 6.92 Å². The fraction of sp³-hybridized carbons (Fsp3) is 0.714. The average Bonchev–Trinajstić information content (AvgIpc) is 2.19. The highest BCUT2D eigenvalue weighted by Gasteiger charge is 2.01. The molecule has 0 aromatic heterocycles. The summed E-state index contributed by atoms with van der Waals surface area (Å²) < 4.78 is 10.8. The van der Waals surface area contributed by atoms with Gasteiger partial charge in [-0.15, -0.1) is 0 Å². The molecule has 0 radical (unpaired) electrons. The minimum atomic E-state index is 0.649. The molecule has 2 heteroatoms. The molecule has 0 amide bonds. The Morgan fingerprint density at radius 3 is 1.56 bits per heavy atom. The van der Waals surface area contributed by atoms with E-state index in [4.69, 9.17) is 9.47 Å². The maximum atomic E-state index is 5.40. The zero-order chi connectivity index (χ0) is 12.4. The van der Waals surface area contributed by atoms with Gasteiger partial charge in [0.15, 0.2) is 0 Å². The second-order valence-corrected chi connectivity index (χ2v) is 4.81. The van der Waals surface area contributed by atoms with Crippen molar-refractivity contribution in [2.45, 2.75) is 47.5 Å². The molecule has 0 atom stereocenters. The van der Waals surface area contributed by atoms with Gasteiger partial charge in [0.25, 0.3) is 0 Å². The quantitative estimate of drug-likeness (QED) is 0.454. The molecule has 0 bridgehead atoms. The molecular weight excluding hydrogens is 200 g/mol. The lowest BCUT2D eigenvalue weighted by Gasteiger charge is -2.10. The van der Waals surface area contributed by atoms with Crippen LogP contribution in [0.2, 0.25) is 0 Å². The van der Waals surface area contributed by atoms with E-state index in [1.807, 2.05) is 40.2 Å². The van der Waals surface area contributed by atoms with Gasteiger partial charge in [0.1, 0.15) is 0 Å². The maximum Gasteiger partial charge on any atom is 0.0875 e. The van der Waals surface area contributed by atoms with Gasteiger partial charge in [-0.2, -0.15) is 0 Å². The van der Waals surface area contributed by atoms with Gasteiger partial charge < -0.3 is 9.47 Å². The number of allylic oxidation sites excluding steroid dienone is 2. The standard InChI is InChI=1S/C14H26O2/c1-12(2)10-15-8-6-14(5)7-9-16-11-13(3)4/h10-11,14H,6-9H2,1-5H3. The lowest BCUT2D eigenvalue weighted by Crippen LogP contribution is -2.03. The summed E-state index contributed by atoms with van der Waals surface area (Å²) in [5, 5.41) is 0. The summed E-state index contributed by atoms with van der Waals surface area (Å²) in [4.78, 5) is 0. The van der Waals surface area contributed by atoms with Crippen LogP contribution >= 0.6 is 0 Å². The summed E-state index contributed by atoms with van der Waals surface area (Å²) in [7, 11) is 0. The predicted octanol–water partition coefficient (Wildman–Crippen LogP) is 4.28. The van der Waals surface area contributed by atoms with Crippen molar-refractivity contribution in [1.29, 1.82) is 0 Å². The van der Waals surface area contributed by atoms with E-state index in [0.717, 1.165) is 26.1 Å². The Morgan fingerprint density at radius 1 is 0.875 bits per heavy atom. The van der Waals surface area contributed by atoms with Gasteiger partial charge in [-0.05, 0) is 57.6 Å². The Balaban J connectivity index is 3.41. The van der Waals surface area contributed by atoms with Gasteiger partial charge in [0.05, 0.1) is 25.7 Å². The molecule has 0 aliphatic rings. The van der Waals surface area contributed by atoms with Crippen molar-refractivity contribution in [2.75, 3.05) is 13.2 Å². The first-order valence-corrected chi connectivity index (χ1v) is 6.02. The summed E-state index contributed by atoms with van der Waals surface area (Å²) in [5.41, 5.74) is 2.42. The van der Waals surface area contributed by atoms with E-state index in [2.05, 4.69) is 6.92 Å². The van der Waals surface area contributed by atoms with Gasteiger partial charge in [-0.25, -0.2) is 0 Å². The van der Waals surface area contributed by atoms with E-state index >= 15 is 0 Å². The van der Waals surface area contributed by atoms with Crippen LogP contribution < -0.4 is 0 Å². The van der Waals surface area contributed by atoms with Crippen molar-refractivity contribution in [3.8, 4) is 0 Å². The summed E-state index contributed by atoms with van der Waals surface area (Å²) in [6.45, 7) is 12.0.